The minimum Gasteiger partial charge on any atom is -0.473 e. The van der Waals surface area contributed by atoms with Crippen LogP contribution >= 0.6 is 23.2 Å². The second-order valence-corrected chi connectivity index (χ2v) is 15.6. The van der Waals surface area contributed by atoms with Gasteiger partial charge < -0.3 is 35.1 Å². The third-order valence-electron chi connectivity index (χ3n) is 9.60. The monoisotopic (exact) mass is 816 g/mol. The van der Waals surface area contributed by atoms with Gasteiger partial charge in [-0.15, -0.1) is 0 Å². The normalized spacial score (nSPS) is 18.8. The van der Waals surface area contributed by atoms with Crippen LogP contribution in [-0.2, 0) is 14.3 Å². The maximum Gasteiger partial charge on any atom is 0.410 e. The van der Waals surface area contributed by atoms with E-state index in [0.717, 1.165) is 47.8 Å². The molecule has 0 saturated heterocycles. The number of anilines is 2. The molecule has 4 heterocycles. The highest BCUT2D eigenvalue weighted by atomic mass is 35.5. The van der Waals surface area contributed by atoms with Gasteiger partial charge in [-0.25, -0.2) is 13.6 Å². The highest BCUT2D eigenvalue weighted by Gasteiger charge is 2.35. The van der Waals surface area contributed by atoms with Gasteiger partial charge in [0.25, 0.3) is 11.8 Å². The number of nitrogens with one attached hydrogen (secondary N) is 3. The molecule has 0 aliphatic carbocycles. The molecule has 4 aromatic rings. The zero-order chi connectivity index (χ0) is 40.4. The predicted octanol–water partition coefficient (Wildman–Crippen LogP) is 9.50. The zero-order valence-corrected chi connectivity index (χ0v) is 32.9. The van der Waals surface area contributed by atoms with E-state index in [0.29, 0.717) is 42.4 Å². The van der Waals surface area contributed by atoms with Crippen LogP contribution in [0.3, 0.4) is 0 Å². The van der Waals surface area contributed by atoms with E-state index in [-0.39, 0.29) is 27.3 Å². The molecule has 296 valence electrons. The van der Waals surface area contributed by atoms with Gasteiger partial charge in [0.1, 0.15) is 17.2 Å². The molecule has 8 rings (SSSR count). The smallest absolute Gasteiger partial charge is 0.410 e. The first-order valence-corrected chi connectivity index (χ1v) is 19.2. The van der Waals surface area contributed by atoms with Crippen molar-refractivity contribution in [3.05, 3.63) is 129 Å². The molecule has 14 heteroatoms. The van der Waals surface area contributed by atoms with Crippen LogP contribution in [0.5, 0.6) is 11.5 Å². The third-order valence-corrected chi connectivity index (χ3v) is 10.1. The van der Waals surface area contributed by atoms with Gasteiger partial charge in [0.15, 0.2) is 11.5 Å². The van der Waals surface area contributed by atoms with Crippen LogP contribution in [-0.4, -0.2) is 54.6 Å². The van der Waals surface area contributed by atoms with Crippen molar-refractivity contribution in [2.24, 2.45) is 0 Å². The highest BCUT2D eigenvalue weighted by molar-refractivity contribution is 6.30. The zero-order valence-electron chi connectivity index (χ0n) is 31.4. The lowest BCUT2D eigenvalue weighted by molar-refractivity contribution is -0.124. The van der Waals surface area contributed by atoms with Gasteiger partial charge in [-0.3, -0.25) is 9.59 Å². The number of hydrogen-bond acceptors (Lipinski definition) is 7. The van der Waals surface area contributed by atoms with Crippen molar-refractivity contribution in [1.82, 2.24) is 10.2 Å². The fraction of sp³-hybridized carbons (Fsp3) is 0.279. The number of hydrogen-bond donors (Lipinski definition) is 3. The van der Waals surface area contributed by atoms with Crippen LogP contribution in [0.25, 0.3) is 11.1 Å². The third kappa shape index (κ3) is 8.93. The summed E-state index contributed by atoms with van der Waals surface area (Å²) in [6.07, 6.45) is 2.97. The molecule has 4 aromatic carbocycles. The number of carbonyl (C=O) groups excluding carboxylic acids is 3. The number of fused-ring (bicyclic) bond motifs is 2. The molecule has 2 unspecified atom stereocenters. The lowest BCUT2D eigenvalue weighted by atomic mass is 9.96. The van der Waals surface area contributed by atoms with Crippen molar-refractivity contribution >= 4 is 63.6 Å². The van der Waals surface area contributed by atoms with Gasteiger partial charge in [-0.2, -0.15) is 0 Å². The minimum atomic E-state index is -1.14. The van der Waals surface area contributed by atoms with Crippen molar-refractivity contribution in [1.29, 1.82) is 0 Å². The van der Waals surface area contributed by atoms with Crippen LogP contribution in [0.4, 0.5) is 25.0 Å². The highest BCUT2D eigenvalue weighted by Crippen LogP contribution is 2.44. The molecule has 3 amide bonds. The molecule has 4 aliphatic heterocycles. The van der Waals surface area contributed by atoms with Gasteiger partial charge in [0.2, 0.25) is 12.2 Å². The molecular formula is C43H40Cl2F2N4O6. The number of amides is 3. The molecule has 0 radical (unpaired) electrons. The average Bonchev–Trinajstić information content (AvgIpc) is 3.17. The summed E-state index contributed by atoms with van der Waals surface area (Å²) in [6, 6.07) is 19.4. The van der Waals surface area contributed by atoms with E-state index in [1.807, 2.05) is 51.1 Å². The van der Waals surface area contributed by atoms with Crippen molar-refractivity contribution in [3.8, 4) is 11.5 Å². The summed E-state index contributed by atoms with van der Waals surface area (Å²) < 4.78 is 46.2. The SMILES string of the molecule is CC(C)(C)OC(=O)N1CC=C(c2cccc3c2OC(c2ccc(Cl)cc2F)C(=O)N3)CC1.O=C1Nc2cccc(C3=CCNCC3)c2OC1c1ccc(Cl)cc1F. The quantitative estimate of drug-likeness (QED) is 0.188. The Labute approximate surface area is 338 Å². The number of rotatable bonds is 4. The van der Waals surface area contributed by atoms with Crippen molar-refractivity contribution in [3.63, 3.8) is 0 Å². The van der Waals surface area contributed by atoms with Gasteiger partial charge in [0, 0.05) is 51.9 Å². The van der Waals surface area contributed by atoms with E-state index in [1.54, 1.807) is 23.1 Å². The first-order valence-electron chi connectivity index (χ1n) is 18.4. The summed E-state index contributed by atoms with van der Waals surface area (Å²) in [6.45, 7) is 8.06. The molecular weight excluding hydrogens is 777 g/mol. The Kier molecular flexibility index (Phi) is 11.6. The Morgan fingerprint density at radius 3 is 1.74 bits per heavy atom. The largest absolute Gasteiger partial charge is 0.473 e. The lowest BCUT2D eigenvalue weighted by Crippen LogP contribution is -2.39. The topological polar surface area (TPSA) is 118 Å². The summed E-state index contributed by atoms with van der Waals surface area (Å²) in [5.74, 6) is -0.967. The van der Waals surface area contributed by atoms with Gasteiger partial charge >= 0.3 is 6.09 Å². The number of benzene rings is 4. The van der Waals surface area contributed by atoms with E-state index in [4.69, 9.17) is 37.4 Å². The number of para-hydroxylation sites is 2. The standard InChI is InChI=1S/C24H24ClFN2O4.C19H16ClFN2O2/c1-24(2,3)32-23(30)28-11-9-14(10-12-28)16-5-4-6-19-20(16)31-21(22(29)27-19)17-8-7-15(25)13-18(17)26;20-12-4-5-14(15(21)10-12)18-19(24)23-16-3-1-2-13(17(16)25-18)11-6-8-22-9-7-11/h4-9,13,21H,10-12H2,1-3H3,(H,27,29);1-6,10,18,22H,7-9H2,(H,23,24). The lowest BCUT2D eigenvalue weighted by Gasteiger charge is -2.31. The Hall–Kier alpha value is -5.43. The molecule has 0 saturated carbocycles. The van der Waals surface area contributed by atoms with Crippen molar-refractivity contribution in [2.75, 3.05) is 36.8 Å². The van der Waals surface area contributed by atoms with E-state index in [1.165, 1.54) is 24.3 Å². The second-order valence-electron chi connectivity index (χ2n) is 14.8. The van der Waals surface area contributed by atoms with Crippen molar-refractivity contribution < 1.29 is 37.4 Å². The first-order chi connectivity index (χ1) is 27.3. The molecule has 4 aliphatic rings. The number of ether oxygens (including phenoxy) is 3. The van der Waals surface area contributed by atoms with Gasteiger partial charge in [0.05, 0.1) is 11.4 Å². The number of nitrogens with zero attached hydrogens (tertiary/aromatic N) is 1. The molecule has 0 spiro atoms. The van der Waals surface area contributed by atoms with Crippen LogP contribution in [0.1, 0.15) is 68.1 Å². The summed E-state index contributed by atoms with van der Waals surface area (Å²) in [4.78, 5) is 39.0. The molecule has 0 fully saturated rings. The second kappa shape index (κ2) is 16.6. The van der Waals surface area contributed by atoms with E-state index in [2.05, 4.69) is 22.0 Å². The van der Waals surface area contributed by atoms with Gasteiger partial charge in [-0.1, -0.05) is 71.8 Å². The Bertz CT molecular complexity index is 2310. The predicted molar refractivity (Wildman–Crippen MR) is 216 cm³/mol. The average molecular weight is 818 g/mol. The van der Waals surface area contributed by atoms with Gasteiger partial charge in [-0.05, 0) is 87.7 Å². The summed E-state index contributed by atoms with van der Waals surface area (Å²) in [7, 11) is 0. The summed E-state index contributed by atoms with van der Waals surface area (Å²) in [5, 5.41) is 9.42. The van der Waals surface area contributed by atoms with Crippen molar-refractivity contribution in [2.45, 2.75) is 51.4 Å². The maximum atomic E-state index is 14.5. The van der Waals surface area contributed by atoms with Crippen LogP contribution in [0.2, 0.25) is 10.0 Å². The Balaban J connectivity index is 0.000000179. The van der Waals surface area contributed by atoms with Crippen LogP contribution in [0, 0.1) is 11.6 Å². The molecule has 10 nitrogen and oxygen atoms in total. The van der Waals surface area contributed by atoms with E-state index >= 15 is 0 Å². The fourth-order valence-corrected chi connectivity index (χ4v) is 7.20. The number of carbonyl (C=O) groups is 3. The molecule has 0 aromatic heterocycles. The van der Waals surface area contributed by atoms with E-state index in [9.17, 15) is 23.2 Å². The number of halogens is 4. The summed E-state index contributed by atoms with van der Waals surface area (Å²) >= 11 is 11.6. The summed E-state index contributed by atoms with van der Waals surface area (Å²) in [5.41, 5.74) is 4.71. The molecule has 3 N–H and O–H groups in total. The van der Waals surface area contributed by atoms with Crippen LogP contribution in [0.15, 0.2) is 84.9 Å². The Morgan fingerprint density at radius 1 is 0.772 bits per heavy atom. The van der Waals surface area contributed by atoms with E-state index < -0.39 is 41.3 Å². The van der Waals surface area contributed by atoms with Crippen LogP contribution < -0.4 is 25.4 Å². The molecule has 2 atom stereocenters. The minimum absolute atomic E-state index is 0.112. The molecule has 57 heavy (non-hydrogen) atoms. The maximum absolute atomic E-state index is 14.5. The fourth-order valence-electron chi connectivity index (χ4n) is 6.88. The Morgan fingerprint density at radius 2 is 1.30 bits per heavy atom. The molecule has 0 bridgehead atoms. The first kappa shape index (κ1) is 39.8.